The lowest BCUT2D eigenvalue weighted by Gasteiger charge is -2.28. The van der Waals surface area contributed by atoms with Crippen molar-refractivity contribution < 1.29 is 4.74 Å². The topological polar surface area (TPSA) is 33.6 Å². The van der Waals surface area contributed by atoms with Crippen LogP contribution in [0.2, 0.25) is 0 Å². The lowest BCUT2D eigenvalue weighted by atomic mass is 9.93. The second kappa shape index (κ2) is 7.95. The number of benzene rings is 1. The molecular formula is C16H25ClN2OS. The number of halogens is 1. The van der Waals surface area contributed by atoms with Gasteiger partial charge in [-0.25, -0.2) is 0 Å². The molecule has 0 bridgehead atoms. The zero-order chi connectivity index (χ0) is 14.6. The van der Waals surface area contributed by atoms with Crippen molar-refractivity contribution in [2.75, 3.05) is 25.4 Å². The smallest absolute Gasteiger partial charge is 0.156 e. The van der Waals surface area contributed by atoms with Crippen molar-refractivity contribution in [1.82, 2.24) is 5.32 Å². The minimum atomic E-state index is 0. The summed E-state index contributed by atoms with van der Waals surface area (Å²) >= 11 is 1.74. The highest BCUT2D eigenvalue weighted by molar-refractivity contribution is 8.13. The second-order valence-corrected chi connectivity index (χ2v) is 7.19. The van der Waals surface area contributed by atoms with Gasteiger partial charge in [0.1, 0.15) is 5.75 Å². The summed E-state index contributed by atoms with van der Waals surface area (Å²) in [4.78, 5) is 4.57. The van der Waals surface area contributed by atoms with E-state index in [1.165, 1.54) is 11.1 Å². The number of hydrogen-bond donors (Lipinski definition) is 1. The normalized spacial score (nSPS) is 16.5. The summed E-state index contributed by atoms with van der Waals surface area (Å²) in [5, 5.41) is 4.44. The van der Waals surface area contributed by atoms with E-state index in [9.17, 15) is 0 Å². The maximum absolute atomic E-state index is 5.85. The minimum Gasteiger partial charge on any atom is -0.492 e. The summed E-state index contributed by atoms with van der Waals surface area (Å²) in [7, 11) is 0. The molecule has 2 rings (SSSR count). The van der Waals surface area contributed by atoms with E-state index in [0.29, 0.717) is 6.61 Å². The molecule has 0 aromatic heterocycles. The molecule has 1 aromatic rings. The van der Waals surface area contributed by atoms with Gasteiger partial charge in [-0.05, 0) is 31.0 Å². The molecule has 0 radical (unpaired) electrons. The first-order valence-electron chi connectivity index (χ1n) is 7.07. The average Bonchev–Trinajstić information content (AvgIpc) is 2.40. The van der Waals surface area contributed by atoms with E-state index >= 15 is 0 Å². The standard InChI is InChI=1S/C16H24N2OS.ClH/c1-12-5-6-13(2)14(9-12)19-7-8-20-15-17-10-16(3,4)11-18-15;/h5-6,9H,7-8,10-11H2,1-4H3,(H,17,18);1H. The average molecular weight is 329 g/mol. The molecule has 3 nitrogen and oxygen atoms in total. The van der Waals surface area contributed by atoms with Crippen LogP contribution in [0, 0.1) is 19.3 Å². The Hall–Kier alpha value is -0.870. The summed E-state index contributed by atoms with van der Waals surface area (Å²) in [6.07, 6.45) is 0. The Bertz CT molecular complexity index is 503. The maximum Gasteiger partial charge on any atom is 0.156 e. The number of thioether (sulfide) groups is 1. The van der Waals surface area contributed by atoms with Crippen LogP contribution >= 0.6 is 24.2 Å². The number of aliphatic imine (C=N–C) groups is 1. The molecule has 0 unspecified atom stereocenters. The Morgan fingerprint density at radius 1 is 1.33 bits per heavy atom. The number of hydrogen-bond acceptors (Lipinski definition) is 4. The van der Waals surface area contributed by atoms with Crippen LogP contribution in [0.1, 0.15) is 25.0 Å². The third kappa shape index (κ3) is 5.79. The van der Waals surface area contributed by atoms with E-state index in [1.807, 2.05) is 0 Å². The van der Waals surface area contributed by atoms with Crippen molar-refractivity contribution in [1.29, 1.82) is 0 Å². The molecule has 0 amide bonds. The second-order valence-electron chi connectivity index (χ2n) is 6.11. The zero-order valence-electron chi connectivity index (χ0n) is 13.2. The number of rotatable bonds is 4. The first kappa shape index (κ1) is 18.2. The molecular weight excluding hydrogens is 304 g/mol. The summed E-state index contributed by atoms with van der Waals surface area (Å²) < 4.78 is 5.85. The molecule has 1 N–H and O–H groups in total. The van der Waals surface area contributed by atoms with Crippen LogP contribution < -0.4 is 10.1 Å². The molecule has 118 valence electrons. The van der Waals surface area contributed by atoms with Crippen molar-refractivity contribution in [3.8, 4) is 5.75 Å². The van der Waals surface area contributed by atoms with Gasteiger partial charge in [0.15, 0.2) is 5.17 Å². The summed E-state index contributed by atoms with van der Waals surface area (Å²) in [6.45, 7) is 11.2. The molecule has 1 aliphatic heterocycles. The molecule has 5 heteroatoms. The van der Waals surface area contributed by atoms with Crippen LogP contribution in [0.3, 0.4) is 0 Å². The lowest BCUT2D eigenvalue weighted by Crippen LogP contribution is -2.39. The van der Waals surface area contributed by atoms with Crippen LogP contribution in [0.4, 0.5) is 0 Å². The van der Waals surface area contributed by atoms with Crippen LogP contribution in [0.25, 0.3) is 0 Å². The molecule has 0 atom stereocenters. The third-order valence-corrected chi connectivity index (χ3v) is 4.21. The molecule has 1 heterocycles. The van der Waals surface area contributed by atoms with Gasteiger partial charge in [-0.1, -0.05) is 37.7 Å². The van der Waals surface area contributed by atoms with E-state index in [1.54, 1.807) is 11.8 Å². The van der Waals surface area contributed by atoms with E-state index < -0.39 is 0 Å². The quantitative estimate of drug-likeness (QED) is 0.853. The predicted molar refractivity (Wildman–Crippen MR) is 95.2 cm³/mol. The van der Waals surface area contributed by atoms with Gasteiger partial charge in [0.25, 0.3) is 0 Å². The number of amidine groups is 1. The summed E-state index contributed by atoms with van der Waals surface area (Å²) in [6, 6.07) is 6.31. The molecule has 0 spiro atoms. The number of ether oxygens (including phenoxy) is 1. The van der Waals surface area contributed by atoms with Crippen molar-refractivity contribution in [2.45, 2.75) is 27.7 Å². The fourth-order valence-electron chi connectivity index (χ4n) is 1.96. The molecule has 1 aromatic carbocycles. The largest absolute Gasteiger partial charge is 0.492 e. The van der Waals surface area contributed by atoms with Gasteiger partial charge < -0.3 is 10.1 Å². The highest BCUT2D eigenvalue weighted by atomic mass is 35.5. The minimum absolute atomic E-state index is 0. The van der Waals surface area contributed by atoms with Gasteiger partial charge in [-0.15, -0.1) is 12.4 Å². The van der Waals surface area contributed by atoms with Gasteiger partial charge in [0.2, 0.25) is 0 Å². The van der Waals surface area contributed by atoms with Gasteiger partial charge in [-0.2, -0.15) is 0 Å². The Morgan fingerprint density at radius 3 is 2.76 bits per heavy atom. The molecule has 0 fully saturated rings. The maximum atomic E-state index is 5.85. The van der Waals surface area contributed by atoms with E-state index in [4.69, 9.17) is 4.74 Å². The van der Waals surface area contributed by atoms with Gasteiger partial charge in [0, 0.05) is 24.3 Å². The zero-order valence-corrected chi connectivity index (χ0v) is 14.9. The van der Waals surface area contributed by atoms with Crippen LogP contribution in [0.15, 0.2) is 23.2 Å². The van der Waals surface area contributed by atoms with Crippen LogP contribution in [0.5, 0.6) is 5.75 Å². The van der Waals surface area contributed by atoms with Gasteiger partial charge >= 0.3 is 0 Å². The fraction of sp³-hybridized carbons (Fsp3) is 0.562. The van der Waals surface area contributed by atoms with Crippen molar-refractivity contribution in [3.05, 3.63) is 29.3 Å². The Kier molecular flexibility index (Phi) is 6.88. The van der Waals surface area contributed by atoms with Crippen molar-refractivity contribution in [2.24, 2.45) is 10.4 Å². The van der Waals surface area contributed by atoms with Gasteiger partial charge in [-0.3, -0.25) is 4.99 Å². The SMILES string of the molecule is Cc1ccc(C)c(OCCSC2=NCC(C)(C)CN2)c1.Cl. The molecule has 0 saturated heterocycles. The highest BCUT2D eigenvalue weighted by Gasteiger charge is 2.22. The van der Waals surface area contributed by atoms with Crippen LogP contribution in [-0.4, -0.2) is 30.6 Å². The van der Waals surface area contributed by atoms with Gasteiger partial charge in [0.05, 0.1) is 6.61 Å². The first-order valence-corrected chi connectivity index (χ1v) is 8.06. The highest BCUT2D eigenvalue weighted by Crippen LogP contribution is 2.21. The molecule has 0 saturated carbocycles. The van der Waals surface area contributed by atoms with Crippen molar-refractivity contribution >= 4 is 29.3 Å². The first-order chi connectivity index (χ1) is 9.46. The van der Waals surface area contributed by atoms with Crippen LogP contribution in [-0.2, 0) is 0 Å². The predicted octanol–water partition coefficient (Wildman–Crippen LogP) is 3.82. The van der Waals surface area contributed by atoms with E-state index in [0.717, 1.165) is 29.8 Å². The molecule has 0 aliphatic carbocycles. The lowest BCUT2D eigenvalue weighted by molar-refractivity contribution is 0.341. The molecule has 21 heavy (non-hydrogen) atoms. The summed E-state index contributed by atoms with van der Waals surface area (Å²) in [5.74, 6) is 1.91. The monoisotopic (exact) mass is 328 g/mol. The number of aryl methyl sites for hydroxylation is 2. The Labute approximate surface area is 138 Å². The third-order valence-electron chi connectivity index (χ3n) is 3.29. The fourth-order valence-corrected chi connectivity index (χ4v) is 2.65. The number of nitrogens with one attached hydrogen (secondary N) is 1. The van der Waals surface area contributed by atoms with E-state index in [-0.39, 0.29) is 17.8 Å². The molecule has 1 aliphatic rings. The number of nitrogens with zero attached hydrogens (tertiary/aromatic N) is 1. The van der Waals surface area contributed by atoms with E-state index in [2.05, 4.69) is 56.2 Å². The van der Waals surface area contributed by atoms with Crippen molar-refractivity contribution in [3.63, 3.8) is 0 Å². The Balaban J connectivity index is 0.00000220. The Morgan fingerprint density at radius 2 is 2.10 bits per heavy atom. The summed E-state index contributed by atoms with van der Waals surface area (Å²) in [5.41, 5.74) is 2.70.